The molecule has 0 aromatic carbocycles. The third-order valence-corrected chi connectivity index (χ3v) is 6.02. The molecule has 1 aliphatic rings. The fraction of sp³-hybridized carbons (Fsp3) is 1.00. The Labute approximate surface area is 116 Å². The number of nitrogens with two attached hydrogens (primary N) is 1. The summed E-state index contributed by atoms with van der Waals surface area (Å²) in [6.45, 7) is 2.60. The minimum atomic E-state index is -2.94. The Balaban J connectivity index is 2.26. The lowest BCUT2D eigenvalue weighted by atomic mass is 10.1. The maximum Gasteiger partial charge on any atom is 0.164 e. The molecule has 6 heteroatoms. The summed E-state index contributed by atoms with van der Waals surface area (Å²) in [5.41, 5.74) is 5.45. The van der Waals surface area contributed by atoms with E-state index in [0.717, 1.165) is 44.0 Å². The van der Waals surface area contributed by atoms with Crippen molar-refractivity contribution in [2.45, 2.75) is 37.5 Å². The fourth-order valence-corrected chi connectivity index (χ4v) is 5.23. The topological polar surface area (TPSA) is 63.4 Å². The van der Waals surface area contributed by atoms with Crippen LogP contribution in [0.1, 0.15) is 32.1 Å². The normalized spacial score (nSPS) is 22.2. The van der Waals surface area contributed by atoms with Crippen LogP contribution in [-0.2, 0) is 9.84 Å². The molecule has 0 aromatic rings. The van der Waals surface area contributed by atoms with E-state index in [1.165, 1.54) is 25.5 Å². The standard InChI is InChI=1S/C12H26N2O2S2/c1-18(15,16)12-11-17-10-9-14(12)8-6-4-2-3-5-7-13/h12H,2-11,13H2,1H3. The van der Waals surface area contributed by atoms with Crippen molar-refractivity contribution < 1.29 is 8.42 Å². The third-order valence-electron chi connectivity index (χ3n) is 3.33. The van der Waals surface area contributed by atoms with Crippen LogP contribution in [0.3, 0.4) is 0 Å². The fourth-order valence-electron chi connectivity index (χ4n) is 2.26. The van der Waals surface area contributed by atoms with Crippen LogP contribution < -0.4 is 5.73 Å². The van der Waals surface area contributed by atoms with Crippen LogP contribution in [-0.4, -0.2) is 56.1 Å². The monoisotopic (exact) mass is 294 g/mol. The van der Waals surface area contributed by atoms with Crippen molar-refractivity contribution in [2.75, 3.05) is 37.4 Å². The Morgan fingerprint density at radius 2 is 1.89 bits per heavy atom. The maximum atomic E-state index is 11.7. The summed E-state index contributed by atoms with van der Waals surface area (Å²) in [7, 11) is -2.94. The van der Waals surface area contributed by atoms with Gasteiger partial charge >= 0.3 is 0 Å². The van der Waals surface area contributed by atoms with E-state index in [1.54, 1.807) is 11.8 Å². The van der Waals surface area contributed by atoms with E-state index in [2.05, 4.69) is 4.90 Å². The van der Waals surface area contributed by atoms with Gasteiger partial charge in [0, 0.05) is 24.3 Å². The van der Waals surface area contributed by atoms with Crippen LogP contribution >= 0.6 is 11.8 Å². The van der Waals surface area contributed by atoms with Crippen LogP contribution in [0, 0.1) is 0 Å². The summed E-state index contributed by atoms with van der Waals surface area (Å²) in [5.74, 6) is 1.78. The predicted octanol–water partition coefficient (Wildman–Crippen LogP) is 1.32. The van der Waals surface area contributed by atoms with E-state index in [-0.39, 0.29) is 5.37 Å². The van der Waals surface area contributed by atoms with Gasteiger partial charge in [-0.25, -0.2) is 8.42 Å². The summed E-state index contributed by atoms with van der Waals surface area (Å²) >= 11 is 1.75. The van der Waals surface area contributed by atoms with Crippen molar-refractivity contribution in [1.82, 2.24) is 4.90 Å². The number of hydrogen-bond donors (Lipinski definition) is 1. The highest BCUT2D eigenvalue weighted by Gasteiger charge is 2.30. The molecule has 0 radical (unpaired) electrons. The van der Waals surface area contributed by atoms with Gasteiger partial charge in [-0.3, -0.25) is 4.90 Å². The highest BCUT2D eigenvalue weighted by Crippen LogP contribution is 2.20. The first kappa shape index (κ1) is 16.3. The van der Waals surface area contributed by atoms with E-state index in [1.807, 2.05) is 0 Å². The first-order valence-electron chi connectivity index (χ1n) is 6.76. The summed E-state index contributed by atoms with van der Waals surface area (Å²) in [6, 6.07) is 0. The Kier molecular flexibility index (Phi) is 7.60. The number of nitrogens with zero attached hydrogens (tertiary/aromatic N) is 1. The van der Waals surface area contributed by atoms with Gasteiger partial charge in [0.25, 0.3) is 0 Å². The summed E-state index contributed by atoms with van der Waals surface area (Å²) in [6.07, 6.45) is 7.15. The zero-order valence-corrected chi connectivity index (χ0v) is 12.9. The first-order chi connectivity index (χ1) is 8.55. The lowest BCUT2D eigenvalue weighted by Crippen LogP contribution is -2.47. The van der Waals surface area contributed by atoms with Gasteiger partial charge < -0.3 is 5.73 Å². The zero-order valence-electron chi connectivity index (χ0n) is 11.3. The molecule has 4 nitrogen and oxygen atoms in total. The molecule has 2 N–H and O–H groups in total. The maximum absolute atomic E-state index is 11.7. The SMILES string of the molecule is CS(=O)(=O)C1CSCCN1CCCCCCCN. The van der Waals surface area contributed by atoms with Crippen LogP contribution in [0.5, 0.6) is 0 Å². The lowest BCUT2D eigenvalue weighted by Gasteiger charge is -2.33. The highest BCUT2D eigenvalue weighted by molar-refractivity contribution is 8.00. The molecular formula is C12H26N2O2S2. The van der Waals surface area contributed by atoms with Gasteiger partial charge in [-0.1, -0.05) is 19.3 Å². The van der Waals surface area contributed by atoms with Gasteiger partial charge in [0.1, 0.15) is 5.37 Å². The van der Waals surface area contributed by atoms with Crippen molar-refractivity contribution in [3.8, 4) is 0 Å². The number of hydrogen-bond acceptors (Lipinski definition) is 5. The lowest BCUT2D eigenvalue weighted by molar-refractivity contribution is 0.264. The molecule has 0 amide bonds. The summed E-state index contributed by atoms with van der Waals surface area (Å²) < 4.78 is 23.4. The second-order valence-corrected chi connectivity index (χ2v) is 8.30. The molecule has 0 bridgehead atoms. The first-order valence-corrected chi connectivity index (χ1v) is 9.87. The molecular weight excluding hydrogens is 268 g/mol. The average molecular weight is 294 g/mol. The van der Waals surface area contributed by atoms with Gasteiger partial charge in [-0.15, -0.1) is 0 Å². The van der Waals surface area contributed by atoms with E-state index in [0.29, 0.717) is 0 Å². The van der Waals surface area contributed by atoms with Crippen molar-refractivity contribution in [3.63, 3.8) is 0 Å². The molecule has 1 rings (SSSR count). The van der Waals surface area contributed by atoms with Crippen LogP contribution in [0.4, 0.5) is 0 Å². The molecule has 1 saturated heterocycles. The van der Waals surface area contributed by atoms with E-state index >= 15 is 0 Å². The van der Waals surface area contributed by atoms with Crippen molar-refractivity contribution in [3.05, 3.63) is 0 Å². The number of sulfone groups is 1. The summed E-state index contributed by atoms with van der Waals surface area (Å²) in [5, 5.41) is -0.264. The van der Waals surface area contributed by atoms with Crippen molar-refractivity contribution in [1.29, 1.82) is 0 Å². The molecule has 0 aliphatic carbocycles. The Morgan fingerprint density at radius 3 is 2.56 bits per heavy atom. The molecule has 1 heterocycles. The van der Waals surface area contributed by atoms with E-state index in [9.17, 15) is 8.42 Å². The second kappa shape index (κ2) is 8.40. The van der Waals surface area contributed by atoms with Crippen LogP contribution in [0.15, 0.2) is 0 Å². The average Bonchev–Trinajstić information content (AvgIpc) is 2.33. The molecule has 1 unspecified atom stereocenters. The largest absolute Gasteiger partial charge is 0.330 e. The smallest absolute Gasteiger partial charge is 0.164 e. The summed E-state index contributed by atoms with van der Waals surface area (Å²) in [4.78, 5) is 2.15. The third kappa shape index (κ3) is 5.91. The second-order valence-electron chi connectivity index (χ2n) is 4.95. The van der Waals surface area contributed by atoms with Gasteiger partial charge in [0.15, 0.2) is 9.84 Å². The molecule has 0 saturated carbocycles. The molecule has 0 aromatic heterocycles. The molecule has 1 atom stereocenters. The Hall–Kier alpha value is 0.220. The molecule has 0 spiro atoms. The number of unbranched alkanes of at least 4 members (excludes halogenated alkanes) is 4. The predicted molar refractivity (Wildman–Crippen MR) is 79.7 cm³/mol. The van der Waals surface area contributed by atoms with E-state index in [4.69, 9.17) is 5.73 Å². The zero-order chi connectivity index (χ0) is 13.4. The Morgan fingerprint density at radius 1 is 1.22 bits per heavy atom. The molecule has 1 aliphatic heterocycles. The minimum absolute atomic E-state index is 0.264. The van der Waals surface area contributed by atoms with E-state index < -0.39 is 9.84 Å². The molecule has 18 heavy (non-hydrogen) atoms. The Bertz CT molecular complexity index is 320. The molecule has 108 valence electrons. The number of rotatable bonds is 8. The van der Waals surface area contributed by atoms with Crippen LogP contribution in [0.25, 0.3) is 0 Å². The van der Waals surface area contributed by atoms with Crippen molar-refractivity contribution >= 4 is 21.6 Å². The van der Waals surface area contributed by atoms with Crippen LogP contribution in [0.2, 0.25) is 0 Å². The van der Waals surface area contributed by atoms with Gasteiger partial charge in [0.2, 0.25) is 0 Å². The van der Waals surface area contributed by atoms with Crippen molar-refractivity contribution in [2.24, 2.45) is 5.73 Å². The quantitative estimate of drug-likeness (QED) is 0.684. The van der Waals surface area contributed by atoms with Gasteiger partial charge in [-0.05, 0) is 25.9 Å². The van der Waals surface area contributed by atoms with Gasteiger partial charge in [0.05, 0.1) is 0 Å². The van der Waals surface area contributed by atoms with Gasteiger partial charge in [-0.2, -0.15) is 11.8 Å². The minimum Gasteiger partial charge on any atom is -0.330 e. The molecule has 1 fully saturated rings. The highest BCUT2D eigenvalue weighted by atomic mass is 32.2. The number of thioether (sulfide) groups is 1.